The molecule has 0 radical (unpaired) electrons. The fraction of sp³-hybridized carbons (Fsp3) is 0.270. The number of carbonyl (C=O) groups excluding carboxylic acids is 2. The van der Waals surface area contributed by atoms with Gasteiger partial charge in [-0.2, -0.15) is 4.68 Å². The van der Waals surface area contributed by atoms with Crippen molar-refractivity contribution in [1.82, 2.24) is 25.5 Å². The summed E-state index contributed by atoms with van der Waals surface area (Å²) < 4.78 is 19.8. The van der Waals surface area contributed by atoms with Gasteiger partial charge >= 0.3 is 12.0 Å². The molecule has 0 saturated carbocycles. The quantitative estimate of drug-likeness (QED) is 0.111. The van der Waals surface area contributed by atoms with E-state index in [4.69, 9.17) is 14.2 Å². The van der Waals surface area contributed by atoms with Crippen LogP contribution in [0.4, 0.5) is 10.5 Å². The highest BCUT2D eigenvalue weighted by Gasteiger charge is 2.38. The fourth-order valence-electron chi connectivity index (χ4n) is 5.70. The number of aliphatic hydroxyl groups excluding tert-OH is 1. The fourth-order valence-corrected chi connectivity index (χ4v) is 6.75. The summed E-state index contributed by atoms with van der Waals surface area (Å²) in [6.07, 6.45) is -0.965. The van der Waals surface area contributed by atoms with Crippen molar-refractivity contribution < 1.29 is 28.9 Å². The normalized spacial score (nSPS) is 19.3. The molecule has 50 heavy (non-hydrogen) atoms. The van der Waals surface area contributed by atoms with Gasteiger partial charge in [-0.25, -0.2) is 9.59 Å². The van der Waals surface area contributed by atoms with E-state index < -0.39 is 24.3 Å². The van der Waals surface area contributed by atoms with Gasteiger partial charge in [0.25, 0.3) is 0 Å². The molecule has 0 bridgehead atoms. The number of hydrogen-bond acceptors (Lipinski definition) is 10. The number of carbonyl (C=O) groups is 2. The lowest BCUT2D eigenvalue weighted by Gasteiger charge is -2.41. The number of amides is 2. The maximum absolute atomic E-state index is 12.9. The Hall–Kier alpha value is -5.08. The van der Waals surface area contributed by atoms with Crippen LogP contribution in [0.15, 0.2) is 114 Å². The number of methoxy groups -OCH3 is 1. The molecule has 3 N–H and O–H groups in total. The lowest BCUT2D eigenvalue weighted by atomic mass is 9.91. The van der Waals surface area contributed by atoms with Gasteiger partial charge in [-0.3, -0.25) is 0 Å². The van der Waals surface area contributed by atoms with E-state index >= 15 is 0 Å². The minimum atomic E-state index is -0.858. The number of nitrogens with one attached hydrogen (secondary N) is 2. The number of hydrogen-bond donors (Lipinski definition) is 3. The Morgan fingerprint density at radius 2 is 1.58 bits per heavy atom. The van der Waals surface area contributed by atoms with Crippen molar-refractivity contribution >= 4 is 29.4 Å². The average Bonchev–Trinajstić information content (AvgIpc) is 3.64. The number of ether oxygens (including phenoxy) is 3. The number of urea groups is 1. The van der Waals surface area contributed by atoms with Gasteiger partial charge in [0.05, 0.1) is 31.6 Å². The average molecular weight is 695 g/mol. The molecule has 1 saturated heterocycles. The van der Waals surface area contributed by atoms with Gasteiger partial charge < -0.3 is 30.0 Å². The van der Waals surface area contributed by atoms with Crippen molar-refractivity contribution in [2.24, 2.45) is 5.92 Å². The molecule has 0 spiro atoms. The number of nitrogens with zero attached hydrogens (tertiary/aromatic N) is 4. The number of benzene rings is 4. The minimum absolute atomic E-state index is 0.0388. The van der Waals surface area contributed by atoms with E-state index in [1.54, 1.807) is 16.8 Å². The molecule has 2 heterocycles. The Balaban J connectivity index is 1.16. The lowest BCUT2D eigenvalue weighted by Crippen LogP contribution is -2.45. The highest BCUT2D eigenvalue weighted by molar-refractivity contribution is 7.99. The van der Waals surface area contributed by atoms with Crippen molar-refractivity contribution in [3.05, 3.63) is 131 Å². The standard InChI is InChI=1S/C37H38N6O6S/c1-24-32(23-50-37-40-41-42-43(37)30-11-7-4-8-12-30)48-35(49-33(24)27-15-13-26(22-44)14-16-27)28-17-19-29(20-18-28)38-36(46)39-31(34(45)47-2)21-25-9-5-3-6-10-25/h3-20,24,31-33,35,44H,21-23H2,1-2H3,(H2,38,39,46)/t24-,31-,32+,33+,35+/m0/s1. The molecule has 1 fully saturated rings. The molecule has 2 amide bonds. The number of aromatic nitrogens is 4. The van der Waals surface area contributed by atoms with Crippen molar-refractivity contribution in [3.63, 3.8) is 0 Å². The third-order valence-electron chi connectivity index (χ3n) is 8.46. The summed E-state index contributed by atoms with van der Waals surface area (Å²) in [4.78, 5) is 25.3. The summed E-state index contributed by atoms with van der Waals surface area (Å²) in [7, 11) is 1.29. The van der Waals surface area contributed by atoms with Crippen LogP contribution in [-0.2, 0) is 32.0 Å². The van der Waals surface area contributed by atoms with Crippen LogP contribution in [0.2, 0.25) is 0 Å². The maximum Gasteiger partial charge on any atom is 0.328 e. The number of rotatable bonds is 12. The van der Waals surface area contributed by atoms with Gasteiger partial charge in [-0.15, -0.1) is 5.10 Å². The third kappa shape index (κ3) is 8.55. The molecule has 258 valence electrons. The second-order valence-corrected chi connectivity index (χ2v) is 12.8. The summed E-state index contributed by atoms with van der Waals surface area (Å²) in [5, 5.41) is 28.1. The molecular weight excluding hydrogens is 657 g/mol. The lowest BCUT2D eigenvalue weighted by molar-refractivity contribution is -0.268. The SMILES string of the molecule is COC(=O)[C@H](Cc1ccccc1)NC(=O)Nc1ccc([C@@H]2O[C@H](CSc3nnnn3-c3ccccc3)[C@H](C)[C@H](c3ccc(CO)cc3)O2)cc1. The zero-order valence-corrected chi connectivity index (χ0v) is 28.4. The summed E-state index contributed by atoms with van der Waals surface area (Å²) in [5.41, 5.74) is 4.83. The topological polar surface area (TPSA) is 150 Å². The van der Waals surface area contributed by atoms with Gasteiger partial charge in [0.1, 0.15) is 6.04 Å². The molecule has 0 aliphatic carbocycles. The second-order valence-electron chi connectivity index (χ2n) is 11.8. The highest BCUT2D eigenvalue weighted by atomic mass is 32.2. The number of tetrazole rings is 1. The van der Waals surface area contributed by atoms with Crippen LogP contribution in [0.1, 0.15) is 41.6 Å². The maximum atomic E-state index is 12.9. The van der Waals surface area contributed by atoms with Crippen LogP contribution in [0.25, 0.3) is 5.69 Å². The van der Waals surface area contributed by atoms with Crippen LogP contribution in [-0.4, -0.2) is 62.3 Å². The van der Waals surface area contributed by atoms with Gasteiger partial charge in [-0.1, -0.05) is 104 Å². The minimum Gasteiger partial charge on any atom is -0.467 e. The number of aliphatic hydroxyl groups is 1. The predicted molar refractivity (Wildman–Crippen MR) is 187 cm³/mol. The second kappa shape index (κ2) is 16.5. The van der Waals surface area contributed by atoms with Gasteiger partial charge in [-0.05, 0) is 51.4 Å². The van der Waals surface area contributed by atoms with Gasteiger partial charge in [0, 0.05) is 29.3 Å². The van der Waals surface area contributed by atoms with Crippen LogP contribution in [0, 0.1) is 5.92 Å². The van der Waals surface area contributed by atoms with Crippen molar-refractivity contribution in [2.75, 3.05) is 18.2 Å². The third-order valence-corrected chi connectivity index (χ3v) is 9.46. The largest absolute Gasteiger partial charge is 0.467 e. The number of para-hydroxylation sites is 1. The Morgan fingerprint density at radius 1 is 0.900 bits per heavy atom. The Kier molecular flexibility index (Phi) is 11.5. The van der Waals surface area contributed by atoms with Gasteiger partial charge in [0.2, 0.25) is 5.16 Å². The van der Waals surface area contributed by atoms with Gasteiger partial charge in [0.15, 0.2) is 6.29 Å². The number of thioether (sulfide) groups is 1. The molecule has 0 unspecified atom stereocenters. The van der Waals surface area contributed by atoms with E-state index in [1.165, 1.54) is 18.9 Å². The molecule has 1 aliphatic rings. The highest BCUT2D eigenvalue weighted by Crippen LogP contribution is 2.43. The van der Waals surface area contributed by atoms with E-state index in [9.17, 15) is 14.7 Å². The van der Waals surface area contributed by atoms with Crippen LogP contribution in [0.5, 0.6) is 0 Å². The number of esters is 1. The monoisotopic (exact) mass is 694 g/mol. The molecule has 1 aliphatic heterocycles. The molecular formula is C37H38N6O6S. The number of anilines is 1. The summed E-state index contributed by atoms with van der Waals surface area (Å²) >= 11 is 1.50. The van der Waals surface area contributed by atoms with Crippen LogP contribution < -0.4 is 10.6 Å². The molecule has 13 heteroatoms. The molecule has 12 nitrogen and oxygen atoms in total. The molecule has 1 aromatic heterocycles. The zero-order valence-electron chi connectivity index (χ0n) is 27.6. The Bertz CT molecular complexity index is 1840. The molecule has 5 aromatic rings. The van der Waals surface area contributed by atoms with Crippen molar-refractivity contribution in [2.45, 2.75) is 49.6 Å². The smallest absolute Gasteiger partial charge is 0.328 e. The first-order valence-corrected chi connectivity index (χ1v) is 17.2. The summed E-state index contributed by atoms with van der Waals surface area (Å²) in [5.74, 6) is -0.0167. The van der Waals surface area contributed by atoms with E-state index in [-0.39, 0.29) is 24.7 Å². The first-order chi connectivity index (χ1) is 24.4. The molecule has 5 atom stereocenters. The Morgan fingerprint density at radius 3 is 2.26 bits per heavy atom. The van der Waals surface area contributed by atoms with Crippen LogP contribution in [0.3, 0.4) is 0 Å². The van der Waals surface area contributed by atoms with E-state index in [0.717, 1.165) is 27.9 Å². The van der Waals surface area contributed by atoms with E-state index in [2.05, 4.69) is 33.1 Å². The summed E-state index contributed by atoms with van der Waals surface area (Å²) in [6.45, 7) is 2.05. The first kappa shape index (κ1) is 34.8. The predicted octanol–water partition coefficient (Wildman–Crippen LogP) is 5.64. The van der Waals surface area contributed by atoms with E-state index in [1.807, 2.05) is 97.1 Å². The molecule has 6 rings (SSSR count). The first-order valence-electron chi connectivity index (χ1n) is 16.2. The zero-order chi connectivity index (χ0) is 34.9. The Labute approximate surface area is 294 Å². The molecule has 4 aromatic carbocycles. The summed E-state index contributed by atoms with van der Waals surface area (Å²) in [6, 6.07) is 32.6. The van der Waals surface area contributed by atoms with Crippen LogP contribution >= 0.6 is 11.8 Å². The van der Waals surface area contributed by atoms with E-state index in [0.29, 0.717) is 23.0 Å². The van der Waals surface area contributed by atoms with Crippen molar-refractivity contribution in [3.8, 4) is 5.69 Å². The van der Waals surface area contributed by atoms with Crippen molar-refractivity contribution in [1.29, 1.82) is 0 Å².